The van der Waals surface area contributed by atoms with Crippen molar-refractivity contribution in [3.63, 3.8) is 0 Å². The zero-order valence-electron chi connectivity index (χ0n) is 16.2. The molecule has 0 unspecified atom stereocenters. The lowest BCUT2D eigenvalue weighted by atomic mass is 10.2. The summed E-state index contributed by atoms with van der Waals surface area (Å²) in [6, 6.07) is 15.0. The summed E-state index contributed by atoms with van der Waals surface area (Å²) in [5.41, 5.74) is 1.43. The van der Waals surface area contributed by atoms with Crippen molar-refractivity contribution in [1.82, 2.24) is 9.97 Å². The molecule has 2 aromatic carbocycles. The first kappa shape index (κ1) is 18.9. The molecule has 0 bridgehead atoms. The third-order valence-electron chi connectivity index (χ3n) is 4.79. The number of halogens is 1. The van der Waals surface area contributed by atoms with Gasteiger partial charge in [0, 0.05) is 30.5 Å². The first-order valence-corrected chi connectivity index (χ1v) is 9.62. The van der Waals surface area contributed by atoms with Gasteiger partial charge < -0.3 is 15.5 Å². The van der Waals surface area contributed by atoms with Gasteiger partial charge in [0.15, 0.2) is 0 Å². The van der Waals surface area contributed by atoms with Gasteiger partial charge in [0.2, 0.25) is 0 Å². The molecule has 2 heterocycles. The number of carbonyl (C=O) groups is 1. The van der Waals surface area contributed by atoms with Crippen LogP contribution in [0.15, 0.2) is 54.6 Å². The average Bonchev–Trinajstić information content (AvgIpc) is 3.24. The van der Waals surface area contributed by atoms with Crippen LogP contribution in [-0.4, -0.2) is 29.0 Å². The Bertz CT molecular complexity index is 1020. The molecule has 6 nitrogen and oxygen atoms in total. The molecular weight excluding hydrogens is 369 g/mol. The molecule has 1 aliphatic heterocycles. The molecule has 148 valence electrons. The number of aryl methyl sites for hydroxylation is 1. The molecule has 7 heteroatoms. The maximum Gasteiger partial charge on any atom is 0.258 e. The quantitative estimate of drug-likeness (QED) is 0.669. The van der Waals surface area contributed by atoms with E-state index in [1.165, 1.54) is 25.0 Å². The Morgan fingerprint density at radius 2 is 1.69 bits per heavy atom. The minimum atomic E-state index is -0.545. The number of nitrogens with one attached hydrogen (secondary N) is 2. The number of aromatic nitrogens is 2. The standard InChI is InChI=1S/C22H22FN5O/c1-15-24-20(14-21(25-15)28-12-4-5-13-28)26-16-8-10-17(11-9-16)27-22(29)18-6-2-3-7-19(18)23/h2-3,6-11,14H,4-5,12-13H2,1H3,(H,27,29)(H,24,25,26). The summed E-state index contributed by atoms with van der Waals surface area (Å²) in [6.45, 7) is 3.92. The molecule has 2 N–H and O–H groups in total. The Labute approximate surface area is 168 Å². The molecule has 0 radical (unpaired) electrons. The second kappa shape index (κ2) is 8.26. The average molecular weight is 391 g/mol. The number of anilines is 4. The first-order valence-electron chi connectivity index (χ1n) is 9.62. The van der Waals surface area contributed by atoms with E-state index in [1.54, 1.807) is 24.3 Å². The van der Waals surface area contributed by atoms with Gasteiger partial charge in [-0.05, 0) is 56.2 Å². The van der Waals surface area contributed by atoms with Crippen LogP contribution in [0.3, 0.4) is 0 Å². The van der Waals surface area contributed by atoms with Crippen LogP contribution < -0.4 is 15.5 Å². The molecule has 29 heavy (non-hydrogen) atoms. The highest BCUT2D eigenvalue weighted by molar-refractivity contribution is 6.04. The highest BCUT2D eigenvalue weighted by atomic mass is 19.1. The van der Waals surface area contributed by atoms with E-state index in [1.807, 2.05) is 25.1 Å². The van der Waals surface area contributed by atoms with Crippen LogP contribution in [0.1, 0.15) is 29.0 Å². The fourth-order valence-electron chi connectivity index (χ4n) is 3.35. The van der Waals surface area contributed by atoms with Gasteiger partial charge in [0.25, 0.3) is 5.91 Å². The smallest absolute Gasteiger partial charge is 0.258 e. The predicted octanol–water partition coefficient (Wildman–Crippen LogP) is 4.52. The fraction of sp³-hybridized carbons (Fsp3) is 0.227. The van der Waals surface area contributed by atoms with Gasteiger partial charge in [0.1, 0.15) is 23.3 Å². The highest BCUT2D eigenvalue weighted by Crippen LogP contribution is 2.23. The molecule has 0 saturated carbocycles. The number of carbonyl (C=O) groups excluding carboxylic acids is 1. The lowest BCUT2D eigenvalue weighted by molar-refractivity contribution is 0.102. The molecule has 3 aromatic rings. The lowest BCUT2D eigenvalue weighted by Gasteiger charge is -2.18. The van der Waals surface area contributed by atoms with Crippen LogP contribution in [0.5, 0.6) is 0 Å². The van der Waals surface area contributed by atoms with Crippen molar-refractivity contribution >= 4 is 28.9 Å². The first-order chi connectivity index (χ1) is 14.1. The summed E-state index contributed by atoms with van der Waals surface area (Å²) in [7, 11) is 0. The van der Waals surface area contributed by atoms with Crippen molar-refractivity contribution in [1.29, 1.82) is 0 Å². The summed E-state index contributed by atoms with van der Waals surface area (Å²) in [5, 5.41) is 5.99. The van der Waals surface area contributed by atoms with Crippen molar-refractivity contribution in [2.24, 2.45) is 0 Å². The van der Waals surface area contributed by atoms with E-state index >= 15 is 0 Å². The third-order valence-corrected chi connectivity index (χ3v) is 4.79. The van der Waals surface area contributed by atoms with Crippen molar-refractivity contribution < 1.29 is 9.18 Å². The zero-order valence-corrected chi connectivity index (χ0v) is 16.2. The molecule has 4 rings (SSSR count). The van der Waals surface area contributed by atoms with Crippen molar-refractivity contribution in [2.75, 3.05) is 28.6 Å². The lowest BCUT2D eigenvalue weighted by Crippen LogP contribution is -2.19. The van der Waals surface area contributed by atoms with E-state index < -0.39 is 11.7 Å². The predicted molar refractivity (Wildman–Crippen MR) is 112 cm³/mol. The Balaban J connectivity index is 1.45. The van der Waals surface area contributed by atoms with Gasteiger partial charge in [-0.1, -0.05) is 12.1 Å². The molecule has 1 saturated heterocycles. The van der Waals surface area contributed by atoms with Crippen LogP contribution in [0.25, 0.3) is 0 Å². The SMILES string of the molecule is Cc1nc(Nc2ccc(NC(=O)c3ccccc3F)cc2)cc(N2CCCC2)n1. The van der Waals surface area contributed by atoms with Crippen LogP contribution in [0.4, 0.5) is 27.4 Å². The van der Waals surface area contributed by atoms with E-state index in [4.69, 9.17) is 0 Å². The van der Waals surface area contributed by atoms with Crippen LogP contribution in [-0.2, 0) is 0 Å². The van der Waals surface area contributed by atoms with Gasteiger partial charge in [-0.15, -0.1) is 0 Å². The van der Waals surface area contributed by atoms with E-state index in [9.17, 15) is 9.18 Å². The Morgan fingerprint density at radius 1 is 1.00 bits per heavy atom. The van der Waals surface area contributed by atoms with Crippen molar-refractivity contribution in [3.8, 4) is 0 Å². The van der Waals surface area contributed by atoms with E-state index in [0.29, 0.717) is 11.5 Å². The van der Waals surface area contributed by atoms with E-state index in [0.717, 1.165) is 30.4 Å². The molecule has 1 amide bonds. The molecule has 1 fully saturated rings. The monoisotopic (exact) mass is 391 g/mol. The van der Waals surface area contributed by atoms with Gasteiger partial charge in [-0.25, -0.2) is 14.4 Å². The summed E-state index contributed by atoms with van der Waals surface area (Å²) < 4.78 is 13.7. The number of benzene rings is 2. The number of rotatable bonds is 5. The van der Waals surface area contributed by atoms with Gasteiger partial charge in [-0.2, -0.15) is 0 Å². The van der Waals surface area contributed by atoms with E-state index in [-0.39, 0.29) is 5.56 Å². The highest BCUT2D eigenvalue weighted by Gasteiger charge is 2.15. The molecule has 0 atom stereocenters. The number of amides is 1. The number of nitrogens with zero attached hydrogens (tertiary/aromatic N) is 3. The minimum Gasteiger partial charge on any atom is -0.356 e. The Morgan fingerprint density at radius 3 is 2.41 bits per heavy atom. The van der Waals surface area contributed by atoms with Crippen LogP contribution in [0, 0.1) is 12.7 Å². The number of hydrogen-bond donors (Lipinski definition) is 2. The van der Waals surface area contributed by atoms with Crippen LogP contribution in [0.2, 0.25) is 0 Å². The number of hydrogen-bond acceptors (Lipinski definition) is 5. The second-order valence-electron chi connectivity index (χ2n) is 6.99. The summed E-state index contributed by atoms with van der Waals surface area (Å²) in [4.78, 5) is 23.5. The van der Waals surface area contributed by atoms with Gasteiger partial charge in [0.05, 0.1) is 5.56 Å². The maximum atomic E-state index is 13.7. The zero-order chi connectivity index (χ0) is 20.2. The maximum absolute atomic E-state index is 13.7. The minimum absolute atomic E-state index is 0.0144. The molecule has 0 spiro atoms. The third kappa shape index (κ3) is 4.51. The Hall–Kier alpha value is -3.48. The topological polar surface area (TPSA) is 70.2 Å². The second-order valence-corrected chi connectivity index (χ2v) is 6.99. The van der Waals surface area contributed by atoms with Crippen LogP contribution >= 0.6 is 0 Å². The van der Waals surface area contributed by atoms with Gasteiger partial charge in [-0.3, -0.25) is 4.79 Å². The Kier molecular flexibility index (Phi) is 5.37. The van der Waals surface area contributed by atoms with Crippen molar-refractivity contribution in [3.05, 3.63) is 71.8 Å². The summed E-state index contributed by atoms with van der Waals surface area (Å²) in [5.74, 6) is 1.35. The van der Waals surface area contributed by atoms with Crippen molar-refractivity contribution in [2.45, 2.75) is 19.8 Å². The molecule has 1 aliphatic rings. The molecule has 1 aromatic heterocycles. The fourth-order valence-corrected chi connectivity index (χ4v) is 3.35. The van der Waals surface area contributed by atoms with E-state index in [2.05, 4.69) is 25.5 Å². The molecular formula is C22H22FN5O. The summed E-state index contributed by atoms with van der Waals surface area (Å²) in [6.07, 6.45) is 2.37. The largest absolute Gasteiger partial charge is 0.356 e. The van der Waals surface area contributed by atoms with Gasteiger partial charge >= 0.3 is 0 Å². The normalized spacial score (nSPS) is 13.4. The molecule has 0 aliphatic carbocycles. The summed E-state index contributed by atoms with van der Waals surface area (Å²) >= 11 is 0.